The van der Waals surface area contributed by atoms with Crippen molar-refractivity contribution in [1.82, 2.24) is 9.38 Å². The minimum Gasteiger partial charge on any atom is -0.302 e. The number of nitrogens with zero attached hydrogens (tertiary/aromatic N) is 2. The second-order valence-electron chi connectivity index (χ2n) is 6.12. The van der Waals surface area contributed by atoms with E-state index in [0.29, 0.717) is 5.92 Å². The lowest BCUT2D eigenvalue weighted by molar-refractivity contribution is 0.867. The first kappa shape index (κ1) is 15.1. The van der Waals surface area contributed by atoms with Crippen molar-refractivity contribution in [3.63, 3.8) is 0 Å². The van der Waals surface area contributed by atoms with Gasteiger partial charge in [-0.15, -0.1) is 11.6 Å². The molecule has 22 heavy (non-hydrogen) atoms. The SMILES string of the molecule is Cc1cccn2c(C(C)Cl)c(-c3ccc(C(C)C)cc3)nc12. The molecule has 3 aromatic rings. The van der Waals surface area contributed by atoms with Crippen LogP contribution in [0.1, 0.15) is 48.9 Å². The Morgan fingerprint density at radius 3 is 2.32 bits per heavy atom. The molecule has 2 aromatic heterocycles. The molecular formula is C19H21ClN2. The summed E-state index contributed by atoms with van der Waals surface area (Å²) in [5, 5.41) is -0.100. The van der Waals surface area contributed by atoms with Gasteiger partial charge in [0.2, 0.25) is 0 Å². The summed E-state index contributed by atoms with van der Waals surface area (Å²) >= 11 is 6.45. The van der Waals surface area contributed by atoms with Crippen LogP contribution in [0.4, 0.5) is 0 Å². The molecule has 0 radical (unpaired) electrons. The maximum absolute atomic E-state index is 6.45. The van der Waals surface area contributed by atoms with Crippen molar-refractivity contribution in [2.75, 3.05) is 0 Å². The Morgan fingerprint density at radius 1 is 1.05 bits per heavy atom. The number of rotatable bonds is 3. The lowest BCUT2D eigenvalue weighted by atomic mass is 10.00. The van der Waals surface area contributed by atoms with E-state index in [1.165, 1.54) is 5.56 Å². The Hall–Kier alpha value is -1.80. The van der Waals surface area contributed by atoms with Crippen molar-refractivity contribution in [3.8, 4) is 11.3 Å². The molecule has 0 aliphatic heterocycles. The predicted octanol–water partition coefficient (Wildman–Crippen LogP) is 5.73. The molecule has 1 unspecified atom stereocenters. The van der Waals surface area contributed by atoms with Gasteiger partial charge in [0.25, 0.3) is 0 Å². The van der Waals surface area contributed by atoms with Crippen molar-refractivity contribution in [3.05, 3.63) is 59.4 Å². The minimum absolute atomic E-state index is 0.100. The van der Waals surface area contributed by atoms with Crippen molar-refractivity contribution in [2.24, 2.45) is 0 Å². The largest absolute Gasteiger partial charge is 0.302 e. The molecule has 1 aromatic carbocycles. The highest BCUT2D eigenvalue weighted by Crippen LogP contribution is 2.33. The maximum atomic E-state index is 6.45. The Bertz CT molecular complexity index is 798. The van der Waals surface area contributed by atoms with E-state index >= 15 is 0 Å². The van der Waals surface area contributed by atoms with E-state index < -0.39 is 0 Å². The Kier molecular flexibility index (Phi) is 3.96. The third-order valence-electron chi connectivity index (χ3n) is 4.11. The zero-order chi connectivity index (χ0) is 15.9. The summed E-state index contributed by atoms with van der Waals surface area (Å²) in [4.78, 5) is 4.86. The van der Waals surface area contributed by atoms with Gasteiger partial charge in [0.15, 0.2) is 0 Å². The summed E-state index contributed by atoms with van der Waals surface area (Å²) in [6.45, 7) is 8.49. The average Bonchev–Trinajstić information content (AvgIpc) is 2.88. The molecule has 0 fully saturated rings. The molecule has 0 bridgehead atoms. The number of alkyl halides is 1. The van der Waals surface area contributed by atoms with E-state index in [9.17, 15) is 0 Å². The van der Waals surface area contributed by atoms with E-state index in [1.807, 2.05) is 19.2 Å². The third-order valence-corrected chi connectivity index (χ3v) is 4.32. The van der Waals surface area contributed by atoms with Gasteiger partial charge in [-0.2, -0.15) is 0 Å². The smallest absolute Gasteiger partial charge is 0.140 e. The van der Waals surface area contributed by atoms with Gasteiger partial charge in [0, 0.05) is 11.8 Å². The molecule has 114 valence electrons. The Balaban J connectivity index is 2.21. The van der Waals surface area contributed by atoms with Crippen LogP contribution in [0.15, 0.2) is 42.6 Å². The summed E-state index contributed by atoms with van der Waals surface area (Å²) in [7, 11) is 0. The van der Waals surface area contributed by atoms with E-state index in [4.69, 9.17) is 16.6 Å². The number of hydrogen-bond acceptors (Lipinski definition) is 1. The number of fused-ring (bicyclic) bond motifs is 1. The van der Waals surface area contributed by atoms with Crippen LogP contribution in [-0.4, -0.2) is 9.38 Å². The van der Waals surface area contributed by atoms with E-state index in [0.717, 1.165) is 28.2 Å². The molecule has 1 atom stereocenters. The van der Waals surface area contributed by atoms with E-state index in [2.05, 4.69) is 55.5 Å². The number of aryl methyl sites for hydroxylation is 1. The van der Waals surface area contributed by atoms with Crippen molar-refractivity contribution >= 4 is 17.2 Å². The van der Waals surface area contributed by atoms with Crippen LogP contribution in [0.3, 0.4) is 0 Å². The zero-order valence-electron chi connectivity index (χ0n) is 13.5. The van der Waals surface area contributed by atoms with Crippen LogP contribution in [0.5, 0.6) is 0 Å². The summed E-state index contributed by atoms with van der Waals surface area (Å²) in [6.07, 6.45) is 2.04. The number of imidazole rings is 1. The first-order valence-corrected chi connectivity index (χ1v) is 8.14. The lowest BCUT2D eigenvalue weighted by Gasteiger charge is -2.09. The van der Waals surface area contributed by atoms with Crippen LogP contribution >= 0.6 is 11.6 Å². The topological polar surface area (TPSA) is 17.3 Å². The molecule has 0 spiro atoms. The fourth-order valence-corrected chi connectivity index (χ4v) is 3.05. The summed E-state index contributed by atoms with van der Waals surface area (Å²) in [5.41, 5.74) is 6.63. The summed E-state index contributed by atoms with van der Waals surface area (Å²) in [5.74, 6) is 0.531. The average molecular weight is 313 g/mol. The van der Waals surface area contributed by atoms with E-state index in [-0.39, 0.29) is 5.38 Å². The van der Waals surface area contributed by atoms with Gasteiger partial charge in [0.05, 0.1) is 16.8 Å². The molecule has 2 nitrogen and oxygen atoms in total. The molecule has 0 N–H and O–H groups in total. The van der Waals surface area contributed by atoms with Gasteiger partial charge in [-0.3, -0.25) is 0 Å². The number of benzene rings is 1. The molecule has 0 amide bonds. The maximum Gasteiger partial charge on any atom is 0.140 e. The Morgan fingerprint density at radius 2 is 1.73 bits per heavy atom. The molecule has 0 aliphatic rings. The zero-order valence-corrected chi connectivity index (χ0v) is 14.2. The minimum atomic E-state index is -0.100. The van der Waals surface area contributed by atoms with Crippen LogP contribution in [0.2, 0.25) is 0 Å². The quantitative estimate of drug-likeness (QED) is 0.564. The highest BCUT2D eigenvalue weighted by atomic mass is 35.5. The van der Waals surface area contributed by atoms with Crippen LogP contribution in [0, 0.1) is 6.92 Å². The normalized spacial score (nSPS) is 13.0. The number of aromatic nitrogens is 2. The molecule has 3 rings (SSSR count). The summed E-state index contributed by atoms with van der Waals surface area (Å²) < 4.78 is 2.11. The van der Waals surface area contributed by atoms with Crippen molar-refractivity contribution in [1.29, 1.82) is 0 Å². The van der Waals surface area contributed by atoms with Crippen LogP contribution in [0.25, 0.3) is 16.9 Å². The fraction of sp³-hybridized carbons (Fsp3) is 0.316. The third kappa shape index (κ3) is 2.52. The molecule has 0 aliphatic carbocycles. The first-order chi connectivity index (χ1) is 10.5. The highest BCUT2D eigenvalue weighted by molar-refractivity contribution is 6.20. The van der Waals surface area contributed by atoms with Gasteiger partial charge in [-0.05, 0) is 37.0 Å². The fourth-order valence-electron chi connectivity index (χ4n) is 2.84. The molecule has 2 heterocycles. The monoisotopic (exact) mass is 312 g/mol. The molecule has 0 saturated heterocycles. The van der Waals surface area contributed by atoms with Crippen LogP contribution < -0.4 is 0 Å². The summed E-state index contributed by atoms with van der Waals surface area (Å²) in [6, 6.07) is 12.8. The van der Waals surface area contributed by atoms with Crippen LogP contribution in [-0.2, 0) is 0 Å². The molecule has 3 heteroatoms. The van der Waals surface area contributed by atoms with Crippen molar-refractivity contribution in [2.45, 2.75) is 39.0 Å². The lowest BCUT2D eigenvalue weighted by Crippen LogP contribution is -1.96. The van der Waals surface area contributed by atoms with Crippen molar-refractivity contribution < 1.29 is 0 Å². The molecular weight excluding hydrogens is 292 g/mol. The standard InChI is InChI=1S/C19H21ClN2/c1-12(2)15-7-9-16(10-8-15)17-18(14(4)20)22-11-5-6-13(3)19(22)21-17/h5-12,14H,1-4H3. The Labute approximate surface area is 136 Å². The second kappa shape index (κ2) is 5.77. The highest BCUT2D eigenvalue weighted by Gasteiger charge is 2.18. The van der Waals surface area contributed by atoms with Gasteiger partial charge in [-0.1, -0.05) is 44.2 Å². The number of pyridine rings is 1. The van der Waals surface area contributed by atoms with Gasteiger partial charge in [-0.25, -0.2) is 4.98 Å². The predicted molar refractivity (Wildman–Crippen MR) is 93.7 cm³/mol. The number of hydrogen-bond donors (Lipinski definition) is 0. The second-order valence-corrected chi connectivity index (χ2v) is 6.78. The molecule has 0 saturated carbocycles. The number of halogens is 1. The van der Waals surface area contributed by atoms with Gasteiger partial charge < -0.3 is 4.40 Å². The van der Waals surface area contributed by atoms with E-state index in [1.54, 1.807) is 0 Å². The first-order valence-electron chi connectivity index (χ1n) is 7.71. The van der Waals surface area contributed by atoms with Gasteiger partial charge in [0.1, 0.15) is 5.65 Å². The van der Waals surface area contributed by atoms with Gasteiger partial charge >= 0.3 is 0 Å².